The van der Waals surface area contributed by atoms with E-state index in [9.17, 15) is 9.90 Å². The number of nitrogens with zero attached hydrogens (tertiary/aromatic N) is 1. The molecule has 0 aliphatic heterocycles. The third-order valence-corrected chi connectivity index (χ3v) is 9.58. The Morgan fingerprint density at radius 1 is 0.830 bits per heavy atom. The van der Waals surface area contributed by atoms with Gasteiger partial charge in [-0.3, -0.25) is 9.78 Å². The Bertz CT molecular complexity index is 1940. The molecule has 4 aromatic carbocycles. The topological polar surface area (TPSA) is 50.2 Å². The van der Waals surface area contributed by atoms with Gasteiger partial charge in [-0.1, -0.05) is 109 Å². The van der Waals surface area contributed by atoms with Crippen LogP contribution in [0.1, 0.15) is 76.6 Å². The summed E-state index contributed by atoms with van der Waals surface area (Å²) < 4.78 is 0. The number of benzene rings is 4. The van der Waals surface area contributed by atoms with Crippen molar-refractivity contribution in [1.82, 2.24) is 4.98 Å². The predicted molar refractivity (Wildman–Crippen MR) is 193 cm³/mol. The number of aryl methyl sites for hydroxylation is 2. The maximum Gasteiger partial charge on any atom is 0.161 e. The van der Waals surface area contributed by atoms with Gasteiger partial charge in [-0.2, -0.15) is 0 Å². The number of aliphatic hydroxyl groups is 1. The van der Waals surface area contributed by atoms with Crippen molar-refractivity contribution in [2.75, 3.05) is 0 Å². The number of carbonyl (C=O) groups excluding carboxylic acids is 1. The van der Waals surface area contributed by atoms with Crippen LogP contribution in [0.3, 0.4) is 0 Å². The van der Waals surface area contributed by atoms with Gasteiger partial charge in [0.2, 0.25) is 0 Å². The normalized spacial score (nSPS) is 14.3. The molecule has 1 heterocycles. The zero-order chi connectivity index (χ0) is 33.2. The Kier molecular flexibility index (Phi) is 11.4. The van der Waals surface area contributed by atoms with Gasteiger partial charge in [0.05, 0.1) is 11.3 Å². The first-order chi connectivity index (χ1) is 21.9. The Morgan fingerprint density at radius 3 is 2.21 bits per heavy atom. The van der Waals surface area contributed by atoms with Gasteiger partial charge in [0.25, 0.3) is 0 Å². The van der Waals surface area contributed by atoms with E-state index in [0.717, 1.165) is 29.6 Å². The number of fused-ring (bicyclic) bond motifs is 4. The molecule has 1 N–H and O–H groups in total. The zero-order valence-electron chi connectivity index (χ0n) is 28.9. The number of rotatable bonds is 7. The number of carbonyl (C=O) groups is 1. The summed E-state index contributed by atoms with van der Waals surface area (Å²) in [6, 6.07) is 34.1. The number of aromatic nitrogens is 1. The number of ketones is 1. The van der Waals surface area contributed by atoms with Crippen LogP contribution in [0.2, 0.25) is 0 Å². The van der Waals surface area contributed by atoms with Crippen LogP contribution < -0.4 is 0 Å². The standard InChI is InChI=1S/C32H26N.C11H20O2.Ir/c1-20-9-7-11-22(15-20)25-18-30(23-12-8-10-21(2)16-23)33-31-19-29-26(17-27(25)31)24-13-5-6-14-28(24)32(29,3)4;1-5-8(3)10(12)7-11(13)9(4)6-2;/h5-11,13-19H,1-4H3;7-9,12H,5-6H2,1-4H3;/q-1;;/b;10-7-;. The number of pyridine rings is 1. The first-order valence-electron chi connectivity index (χ1n) is 16.5. The van der Waals surface area contributed by atoms with E-state index in [4.69, 9.17) is 4.98 Å². The zero-order valence-corrected chi connectivity index (χ0v) is 31.3. The monoisotopic (exact) mass is 801 g/mol. The molecule has 1 aliphatic carbocycles. The Labute approximate surface area is 294 Å². The fourth-order valence-corrected chi connectivity index (χ4v) is 6.18. The van der Waals surface area contributed by atoms with Crippen LogP contribution in [0.5, 0.6) is 0 Å². The van der Waals surface area contributed by atoms with Crippen molar-refractivity contribution in [3.63, 3.8) is 0 Å². The average Bonchev–Trinajstić information content (AvgIpc) is 3.28. The molecule has 1 aromatic heterocycles. The van der Waals surface area contributed by atoms with Gasteiger partial charge in [0.15, 0.2) is 5.78 Å². The quantitative estimate of drug-likeness (QED) is 0.101. The van der Waals surface area contributed by atoms with Crippen LogP contribution in [-0.4, -0.2) is 15.9 Å². The summed E-state index contributed by atoms with van der Waals surface area (Å²) in [5.74, 6) is 0.354. The van der Waals surface area contributed by atoms with Gasteiger partial charge in [-0.25, -0.2) is 0 Å². The molecule has 0 saturated heterocycles. The van der Waals surface area contributed by atoms with E-state index in [2.05, 4.69) is 113 Å². The maximum atomic E-state index is 11.4. The molecule has 0 amide bonds. The maximum absolute atomic E-state index is 11.4. The summed E-state index contributed by atoms with van der Waals surface area (Å²) >= 11 is 0. The molecule has 47 heavy (non-hydrogen) atoms. The second-order valence-corrected chi connectivity index (χ2v) is 13.4. The van der Waals surface area contributed by atoms with Crippen LogP contribution >= 0.6 is 0 Å². The van der Waals surface area contributed by atoms with Crippen LogP contribution in [-0.2, 0) is 30.3 Å². The van der Waals surface area contributed by atoms with Crippen molar-refractivity contribution in [3.8, 4) is 33.5 Å². The van der Waals surface area contributed by atoms with Crippen LogP contribution in [0.4, 0.5) is 0 Å². The van der Waals surface area contributed by atoms with Crippen LogP contribution in [0.15, 0.2) is 96.8 Å². The van der Waals surface area contributed by atoms with E-state index < -0.39 is 0 Å². The SMILES string of the molecule is CCC(C)C(=O)/C=C(\O)C(C)CC.Cc1cc[c-]c(-c2cc(-c3cccc(C)c3)c3cc4c(cc3n2)C(C)(C)c2ccccc2-4)c1.[Ir]. The smallest absolute Gasteiger partial charge is 0.161 e. The fraction of sp³-hybridized carbons (Fsp3) is 0.302. The van der Waals surface area contributed by atoms with Crippen molar-refractivity contribution in [2.45, 2.75) is 73.6 Å². The third-order valence-electron chi connectivity index (χ3n) is 9.58. The Hall–Kier alpha value is -3.85. The minimum Gasteiger partial charge on any atom is -0.512 e. The second-order valence-electron chi connectivity index (χ2n) is 13.4. The molecule has 0 saturated carbocycles. The van der Waals surface area contributed by atoms with Gasteiger partial charge in [-0.15, -0.1) is 35.4 Å². The number of aliphatic hydroxyl groups excluding tert-OH is 1. The van der Waals surface area contributed by atoms with Crippen molar-refractivity contribution in [1.29, 1.82) is 0 Å². The molecule has 1 radical (unpaired) electrons. The summed E-state index contributed by atoms with van der Waals surface area (Å²) in [7, 11) is 0. The molecule has 6 rings (SSSR count). The molecule has 3 nitrogen and oxygen atoms in total. The minimum absolute atomic E-state index is 0. The van der Waals surface area contributed by atoms with Crippen LogP contribution in [0, 0.1) is 31.7 Å². The van der Waals surface area contributed by atoms with E-state index in [0.29, 0.717) is 0 Å². The molecular weight excluding hydrogens is 755 g/mol. The summed E-state index contributed by atoms with van der Waals surface area (Å²) in [5.41, 5.74) is 13.3. The minimum atomic E-state index is -0.0449. The molecule has 0 spiro atoms. The molecule has 1 aliphatic rings. The van der Waals surface area contributed by atoms with E-state index in [-0.39, 0.29) is 48.9 Å². The fourth-order valence-electron chi connectivity index (χ4n) is 6.18. The summed E-state index contributed by atoms with van der Waals surface area (Å²) in [6.45, 7) is 16.7. The third kappa shape index (κ3) is 7.50. The summed E-state index contributed by atoms with van der Waals surface area (Å²) in [4.78, 5) is 16.5. The molecule has 0 bridgehead atoms. The summed E-state index contributed by atoms with van der Waals surface area (Å²) in [6.07, 6.45) is 3.06. The molecule has 2 atom stereocenters. The van der Waals surface area contributed by atoms with Crippen molar-refractivity contribution in [2.24, 2.45) is 11.8 Å². The largest absolute Gasteiger partial charge is 0.512 e. The number of hydrogen-bond acceptors (Lipinski definition) is 3. The first kappa shape index (κ1) is 36.0. The van der Waals surface area contributed by atoms with E-state index in [1.54, 1.807) is 0 Å². The van der Waals surface area contributed by atoms with E-state index >= 15 is 0 Å². The van der Waals surface area contributed by atoms with E-state index in [1.165, 1.54) is 56.0 Å². The molecule has 4 heteroatoms. The Balaban J connectivity index is 0.000000307. The first-order valence-corrected chi connectivity index (χ1v) is 16.5. The Morgan fingerprint density at radius 2 is 1.53 bits per heavy atom. The number of allylic oxidation sites excluding steroid dienone is 2. The summed E-state index contributed by atoms with van der Waals surface area (Å²) in [5, 5.41) is 10.7. The van der Waals surface area contributed by atoms with Gasteiger partial charge in [0, 0.05) is 48.8 Å². The molecule has 245 valence electrons. The van der Waals surface area contributed by atoms with Gasteiger partial charge in [0.1, 0.15) is 0 Å². The van der Waals surface area contributed by atoms with Crippen molar-refractivity contribution >= 4 is 16.7 Å². The molecular formula is C43H46IrNO2-. The van der Waals surface area contributed by atoms with E-state index in [1.807, 2.05) is 33.8 Å². The van der Waals surface area contributed by atoms with Gasteiger partial charge in [-0.05, 0) is 71.0 Å². The van der Waals surface area contributed by atoms with Crippen molar-refractivity contribution < 1.29 is 30.0 Å². The van der Waals surface area contributed by atoms with Gasteiger partial charge < -0.3 is 5.11 Å². The molecule has 5 aromatic rings. The molecule has 0 fully saturated rings. The average molecular weight is 801 g/mol. The molecule has 2 unspecified atom stereocenters. The van der Waals surface area contributed by atoms with Gasteiger partial charge >= 0.3 is 0 Å². The van der Waals surface area contributed by atoms with Crippen molar-refractivity contribution in [3.05, 3.63) is 125 Å². The number of hydrogen-bond donors (Lipinski definition) is 1. The predicted octanol–water partition coefficient (Wildman–Crippen LogP) is 11.4. The van der Waals surface area contributed by atoms with Crippen LogP contribution in [0.25, 0.3) is 44.4 Å². The second kappa shape index (κ2) is 14.9.